The molecule has 91 valence electrons. The summed E-state index contributed by atoms with van der Waals surface area (Å²) in [6, 6.07) is -1.71. The molecule has 0 aliphatic heterocycles. The lowest BCUT2D eigenvalue weighted by Crippen LogP contribution is -2.54. The van der Waals surface area contributed by atoms with Gasteiger partial charge in [0.1, 0.15) is 0 Å². The van der Waals surface area contributed by atoms with Crippen LogP contribution in [0.5, 0.6) is 0 Å². The zero-order chi connectivity index (χ0) is 12.3. The molecule has 0 saturated heterocycles. The summed E-state index contributed by atoms with van der Waals surface area (Å²) in [6.45, 7) is 0. The van der Waals surface area contributed by atoms with Crippen molar-refractivity contribution >= 4 is 12.1 Å². The van der Waals surface area contributed by atoms with Crippen LogP contribution in [0.2, 0.25) is 0 Å². The van der Waals surface area contributed by atoms with Crippen molar-refractivity contribution in [3.05, 3.63) is 6.42 Å². The molecule has 1 fully saturated rings. The standard InChI is InChI=1S/C8H17N6O2/c9-7(15)13(11)5-1-2-6(4-3-5)14(12)8(10)16/h1,5-6H,2-4,11-12H2,(H2,9,15)(H2,10,16). The van der Waals surface area contributed by atoms with Crippen LogP contribution in [0, 0.1) is 6.42 Å². The van der Waals surface area contributed by atoms with Crippen molar-refractivity contribution < 1.29 is 9.59 Å². The maximum atomic E-state index is 10.8. The predicted octanol–water partition coefficient (Wildman–Crippen LogP) is -1.38. The van der Waals surface area contributed by atoms with E-state index in [4.69, 9.17) is 23.2 Å². The van der Waals surface area contributed by atoms with E-state index in [1.807, 2.05) is 6.42 Å². The SMILES string of the molecule is NC(=O)N(N)C1[CH]CC(N(N)C(N)=O)CC1. The number of carbonyl (C=O) groups is 2. The van der Waals surface area contributed by atoms with E-state index in [1.54, 1.807) is 0 Å². The number of urea groups is 2. The fourth-order valence-electron chi connectivity index (χ4n) is 1.76. The summed E-state index contributed by atoms with van der Waals surface area (Å²) in [5.74, 6) is 10.9. The van der Waals surface area contributed by atoms with E-state index in [-0.39, 0.29) is 12.1 Å². The highest BCUT2D eigenvalue weighted by Crippen LogP contribution is 2.23. The maximum absolute atomic E-state index is 10.8. The Kier molecular flexibility index (Phi) is 3.91. The highest BCUT2D eigenvalue weighted by molar-refractivity contribution is 5.72. The van der Waals surface area contributed by atoms with Crippen molar-refractivity contribution in [2.45, 2.75) is 31.3 Å². The molecular weight excluding hydrogens is 212 g/mol. The largest absolute Gasteiger partial charge is 0.350 e. The highest BCUT2D eigenvalue weighted by Gasteiger charge is 2.29. The Bertz CT molecular complexity index is 248. The Morgan fingerprint density at radius 3 is 2.00 bits per heavy atom. The normalized spacial score (nSPS) is 24.9. The molecule has 2 atom stereocenters. The second-order valence-electron chi connectivity index (χ2n) is 3.76. The quantitative estimate of drug-likeness (QED) is 0.262. The Labute approximate surface area is 93.4 Å². The average Bonchev–Trinajstić information content (AvgIpc) is 2.27. The van der Waals surface area contributed by atoms with Crippen LogP contribution in [0.4, 0.5) is 9.59 Å². The number of primary amides is 2. The molecular formula is C8H17N6O2. The summed E-state index contributed by atoms with van der Waals surface area (Å²) in [6.07, 6.45) is 3.57. The van der Waals surface area contributed by atoms with Crippen molar-refractivity contribution in [2.24, 2.45) is 23.2 Å². The molecule has 1 radical (unpaired) electrons. The van der Waals surface area contributed by atoms with E-state index in [2.05, 4.69) is 0 Å². The Hall–Kier alpha value is -1.54. The predicted molar refractivity (Wildman–Crippen MR) is 56.9 cm³/mol. The molecule has 0 aromatic heterocycles. The third-order valence-corrected chi connectivity index (χ3v) is 2.74. The summed E-state index contributed by atoms with van der Waals surface area (Å²) < 4.78 is 0. The van der Waals surface area contributed by atoms with Gasteiger partial charge >= 0.3 is 12.1 Å². The zero-order valence-electron chi connectivity index (χ0n) is 8.87. The van der Waals surface area contributed by atoms with Crippen molar-refractivity contribution in [2.75, 3.05) is 0 Å². The number of nitrogens with two attached hydrogens (primary N) is 4. The van der Waals surface area contributed by atoms with Crippen LogP contribution in [0.25, 0.3) is 0 Å². The molecule has 1 rings (SSSR count). The number of nitrogens with zero attached hydrogens (tertiary/aromatic N) is 2. The molecule has 4 amide bonds. The molecule has 1 aliphatic carbocycles. The van der Waals surface area contributed by atoms with Gasteiger partial charge in [-0.15, -0.1) is 0 Å². The average molecular weight is 229 g/mol. The molecule has 16 heavy (non-hydrogen) atoms. The van der Waals surface area contributed by atoms with Crippen molar-refractivity contribution in [3.8, 4) is 0 Å². The Morgan fingerprint density at radius 2 is 1.62 bits per heavy atom. The van der Waals surface area contributed by atoms with Gasteiger partial charge in [0.2, 0.25) is 0 Å². The van der Waals surface area contributed by atoms with E-state index < -0.39 is 12.1 Å². The van der Waals surface area contributed by atoms with Gasteiger partial charge in [-0.25, -0.2) is 21.3 Å². The van der Waals surface area contributed by atoms with Crippen LogP contribution < -0.4 is 23.2 Å². The van der Waals surface area contributed by atoms with Crippen LogP contribution in [-0.2, 0) is 0 Å². The molecule has 8 nitrogen and oxygen atoms in total. The van der Waals surface area contributed by atoms with E-state index in [9.17, 15) is 9.59 Å². The molecule has 0 spiro atoms. The second kappa shape index (κ2) is 4.99. The first-order valence-electron chi connectivity index (χ1n) is 4.93. The lowest BCUT2D eigenvalue weighted by molar-refractivity contribution is 0.145. The number of amides is 4. The van der Waals surface area contributed by atoms with Gasteiger partial charge in [-0.3, -0.25) is 10.0 Å². The van der Waals surface area contributed by atoms with Crippen LogP contribution in [0.15, 0.2) is 0 Å². The van der Waals surface area contributed by atoms with Crippen molar-refractivity contribution in [1.82, 2.24) is 10.0 Å². The molecule has 2 unspecified atom stereocenters. The van der Waals surface area contributed by atoms with Gasteiger partial charge < -0.3 is 11.5 Å². The molecule has 0 heterocycles. The first-order chi connectivity index (χ1) is 7.43. The van der Waals surface area contributed by atoms with Gasteiger partial charge in [0.15, 0.2) is 0 Å². The molecule has 1 aliphatic rings. The number of hydrazine groups is 2. The topological polar surface area (TPSA) is 145 Å². The summed E-state index contributed by atoms with van der Waals surface area (Å²) in [5, 5.41) is 1.97. The summed E-state index contributed by atoms with van der Waals surface area (Å²) >= 11 is 0. The minimum Gasteiger partial charge on any atom is -0.350 e. The van der Waals surface area contributed by atoms with Gasteiger partial charge in [0.05, 0.1) is 12.1 Å². The molecule has 1 saturated carbocycles. The van der Waals surface area contributed by atoms with E-state index in [1.165, 1.54) is 0 Å². The molecule has 8 N–H and O–H groups in total. The second-order valence-corrected chi connectivity index (χ2v) is 3.76. The fraction of sp³-hybridized carbons (Fsp3) is 0.625. The molecule has 0 aromatic carbocycles. The van der Waals surface area contributed by atoms with E-state index in [0.29, 0.717) is 19.3 Å². The minimum absolute atomic E-state index is 0.143. The van der Waals surface area contributed by atoms with Crippen molar-refractivity contribution in [1.29, 1.82) is 0 Å². The fourth-order valence-corrected chi connectivity index (χ4v) is 1.76. The number of hydrogen-bond acceptors (Lipinski definition) is 4. The lowest BCUT2D eigenvalue weighted by atomic mass is 9.90. The summed E-state index contributed by atoms with van der Waals surface area (Å²) in [7, 11) is 0. The van der Waals surface area contributed by atoms with Crippen LogP contribution >= 0.6 is 0 Å². The molecule has 0 aromatic rings. The monoisotopic (exact) mass is 229 g/mol. The lowest BCUT2D eigenvalue weighted by Gasteiger charge is -2.35. The third-order valence-electron chi connectivity index (χ3n) is 2.74. The smallest absolute Gasteiger partial charge is 0.329 e. The van der Waals surface area contributed by atoms with Crippen molar-refractivity contribution in [3.63, 3.8) is 0 Å². The van der Waals surface area contributed by atoms with Gasteiger partial charge in [0.25, 0.3) is 0 Å². The molecule has 0 bridgehead atoms. The van der Waals surface area contributed by atoms with Gasteiger partial charge in [-0.05, 0) is 25.7 Å². The maximum Gasteiger partial charge on any atom is 0.329 e. The van der Waals surface area contributed by atoms with E-state index in [0.717, 1.165) is 10.0 Å². The number of rotatable bonds is 2. The van der Waals surface area contributed by atoms with Gasteiger partial charge in [-0.1, -0.05) is 0 Å². The first-order valence-corrected chi connectivity index (χ1v) is 4.93. The first kappa shape index (κ1) is 12.5. The number of carbonyl (C=O) groups excluding carboxylic acids is 2. The van der Waals surface area contributed by atoms with Gasteiger partial charge in [-0.2, -0.15) is 0 Å². The van der Waals surface area contributed by atoms with Crippen LogP contribution in [-0.4, -0.2) is 34.2 Å². The Balaban J connectivity index is 2.45. The van der Waals surface area contributed by atoms with Gasteiger partial charge in [0, 0.05) is 0 Å². The zero-order valence-corrected chi connectivity index (χ0v) is 8.87. The van der Waals surface area contributed by atoms with Crippen LogP contribution in [0.3, 0.4) is 0 Å². The Morgan fingerprint density at radius 1 is 1.06 bits per heavy atom. The number of hydrogen-bond donors (Lipinski definition) is 4. The summed E-state index contributed by atoms with van der Waals surface area (Å²) in [5.41, 5.74) is 10.1. The minimum atomic E-state index is -0.681. The van der Waals surface area contributed by atoms with Crippen LogP contribution in [0.1, 0.15) is 19.3 Å². The highest BCUT2D eigenvalue weighted by atomic mass is 16.2. The molecule has 8 heteroatoms. The summed E-state index contributed by atoms with van der Waals surface area (Å²) in [4.78, 5) is 21.6. The van der Waals surface area contributed by atoms with E-state index >= 15 is 0 Å². The third kappa shape index (κ3) is 2.74.